The van der Waals surface area contributed by atoms with E-state index in [1.807, 2.05) is 11.8 Å². The second kappa shape index (κ2) is 3.49. The Morgan fingerprint density at radius 1 is 1.13 bits per heavy atom. The third kappa shape index (κ3) is 1.26. The predicted octanol–water partition coefficient (Wildman–Crippen LogP) is 2.55. The standard InChI is InChI=1S/C12H18O2S/c13-10-4-1-5-11(6-3-9-15-11)12(10)7-2-8-14-12/h1-9H2/t11-,12+/m0/s1. The van der Waals surface area contributed by atoms with Gasteiger partial charge in [-0.25, -0.2) is 0 Å². The van der Waals surface area contributed by atoms with E-state index in [0.29, 0.717) is 5.78 Å². The Bertz CT molecular complexity index is 275. The number of carbonyl (C=O) groups is 1. The first-order valence-corrected chi connectivity index (χ1v) is 7.09. The summed E-state index contributed by atoms with van der Waals surface area (Å²) in [4.78, 5) is 12.2. The van der Waals surface area contributed by atoms with Gasteiger partial charge in [0, 0.05) is 13.0 Å². The molecule has 2 nitrogen and oxygen atoms in total. The zero-order valence-corrected chi connectivity index (χ0v) is 9.91. The van der Waals surface area contributed by atoms with Crippen molar-refractivity contribution < 1.29 is 9.53 Å². The molecule has 3 aliphatic rings. The van der Waals surface area contributed by atoms with E-state index >= 15 is 0 Å². The molecule has 15 heavy (non-hydrogen) atoms. The number of carbonyl (C=O) groups excluding carboxylic acids is 1. The van der Waals surface area contributed by atoms with E-state index in [1.165, 1.54) is 25.0 Å². The van der Waals surface area contributed by atoms with Crippen LogP contribution in [0.1, 0.15) is 44.9 Å². The van der Waals surface area contributed by atoms with Crippen LogP contribution in [0.15, 0.2) is 0 Å². The number of hydrogen-bond donors (Lipinski definition) is 0. The molecule has 3 heteroatoms. The Hall–Kier alpha value is -0.0200. The first kappa shape index (κ1) is 10.2. The summed E-state index contributed by atoms with van der Waals surface area (Å²) >= 11 is 2.02. The molecule has 0 amide bonds. The fraction of sp³-hybridized carbons (Fsp3) is 0.917. The smallest absolute Gasteiger partial charge is 0.166 e. The Kier molecular flexibility index (Phi) is 2.36. The molecule has 2 aliphatic heterocycles. The number of fused-ring (bicyclic) bond motifs is 1. The molecule has 0 unspecified atom stereocenters. The maximum Gasteiger partial charge on any atom is 0.166 e. The molecule has 2 atom stereocenters. The second-order valence-electron chi connectivity index (χ2n) is 5.00. The molecule has 2 saturated heterocycles. The summed E-state index contributed by atoms with van der Waals surface area (Å²) < 4.78 is 6.13. The highest BCUT2D eigenvalue weighted by Gasteiger charge is 2.61. The van der Waals surface area contributed by atoms with E-state index in [4.69, 9.17) is 4.74 Å². The second-order valence-corrected chi connectivity index (χ2v) is 6.48. The van der Waals surface area contributed by atoms with Crippen molar-refractivity contribution in [2.45, 2.75) is 55.3 Å². The minimum atomic E-state index is -0.369. The molecule has 2 spiro atoms. The highest BCUT2D eigenvalue weighted by atomic mass is 32.2. The number of ketones is 1. The average Bonchev–Trinajstić information content (AvgIpc) is 2.84. The first-order valence-electron chi connectivity index (χ1n) is 6.10. The lowest BCUT2D eigenvalue weighted by atomic mass is 9.70. The molecule has 1 aliphatic carbocycles. The molecule has 0 bridgehead atoms. The van der Waals surface area contributed by atoms with Crippen LogP contribution in [0.2, 0.25) is 0 Å². The third-order valence-electron chi connectivity index (χ3n) is 4.30. The first-order chi connectivity index (χ1) is 7.29. The molecule has 84 valence electrons. The van der Waals surface area contributed by atoms with Crippen molar-refractivity contribution in [1.82, 2.24) is 0 Å². The van der Waals surface area contributed by atoms with Crippen LogP contribution in [0.25, 0.3) is 0 Å². The lowest BCUT2D eigenvalue weighted by molar-refractivity contribution is -0.147. The Morgan fingerprint density at radius 2 is 2.00 bits per heavy atom. The van der Waals surface area contributed by atoms with E-state index in [-0.39, 0.29) is 10.3 Å². The normalized spacial score (nSPS) is 45.7. The highest BCUT2D eigenvalue weighted by Crippen LogP contribution is 2.57. The molecule has 0 radical (unpaired) electrons. The van der Waals surface area contributed by atoms with Gasteiger partial charge < -0.3 is 4.74 Å². The number of rotatable bonds is 0. The number of hydrogen-bond acceptors (Lipinski definition) is 3. The molecule has 3 fully saturated rings. The lowest BCUT2D eigenvalue weighted by Gasteiger charge is -2.47. The van der Waals surface area contributed by atoms with Gasteiger partial charge in [0.25, 0.3) is 0 Å². The molecular weight excluding hydrogens is 208 g/mol. The monoisotopic (exact) mass is 226 g/mol. The van der Waals surface area contributed by atoms with Gasteiger partial charge in [0.05, 0.1) is 4.75 Å². The summed E-state index contributed by atoms with van der Waals surface area (Å²) in [7, 11) is 0. The molecule has 0 aromatic carbocycles. The van der Waals surface area contributed by atoms with Crippen molar-refractivity contribution in [2.75, 3.05) is 12.4 Å². The predicted molar refractivity (Wildman–Crippen MR) is 61.2 cm³/mol. The van der Waals surface area contributed by atoms with Crippen molar-refractivity contribution in [1.29, 1.82) is 0 Å². The van der Waals surface area contributed by atoms with Crippen molar-refractivity contribution in [3.63, 3.8) is 0 Å². The summed E-state index contributed by atoms with van der Waals surface area (Å²) in [5, 5.41) is 0. The van der Waals surface area contributed by atoms with Gasteiger partial charge in [0.1, 0.15) is 5.60 Å². The fourth-order valence-electron chi connectivity index (χ4n) is 3.62. The van der Waals surface area contributed by atoms with Crippen LogP contribution >= 0.6 is 11.8 Å². The Labute approximate surface area is 95.1 Å². The van der Waals surface area contributed by atoms with Crippen LogP contribution in [-0.4, -0.2) is 28.5 Å². The zero-order chi connectivity index (χ0) is 10.4. The largest absolute Gasteiger partial charge is 0.366 e. The Balaban J connectivity index is 2.00. The number of Topliss-reactive ketones (excluding diaryl/α,β-unsaturated/α-hetero) is 1. The van der Waals surface area contributed by atoms with Crippen LogP contribution in [0.3, 0.4) is 0 Å². The summed E-state index contributed by atoms with van der Waals surface area (Å²) in [5.74, 6) is 1.62. The summed E-state index contributed by atoms with van der Waals surface area (Å²) in [6.45, 7) is 0.800. The van der Waals surface area contributed by atoms with Crippen LogP contribution < -0.4 is 0 Å². The van der Waals surface area contributed by atoms with Crippen molar-refractivity contribution in [3.05, 3.63) is 0 Å². The van der Waals surface area contributed by atoms with Gasteiger partial charge >= 0.3 is 0 Å². The van der Waals surface area contributed by atoms with Gasteiger partial charge in [-0.2, -0.15) is 11.8 Å². The van der Waals surface area contributed by atoms with Crippen molar-refractivity contribution >= 4 is 17.5 Å². The highest BCUT2D eigenvalue weighted by molar-refractivity contribution is 8.01. The molecular formula is C12H18O2S. The minimum Gasteiger partial charge on any atom is -0.366 e. The topological polar surface area (TPSA) is 26.3 Å². The van der Waals surface area contributed by atoms with E-state index in [2.05, 4.69) is 0 Å². The van der Waals surface area contributed by atoms with Crippen LogP contribution in [0.4, 0.5) is 0 Å². The SMILES string of the molecule is O=C1CCC[C@]2(CCCS2)[C@@]12CCCO2. The molecule has 0 N–H and O–H groups in total. The van der Waals surface area contributed by atoms with Gasteiger partial charge in [0.15, 0.2) is 5.78 Å². The minimum absolute atomic E-state index is 0.166. The van der Waals surface area contributed by atoms with Gasteiger partial charge in [-0.3, -0.25) is 4.79 Å². The van der Waals surface area contributed by atoms with Crippen molar-refractivity contribution in [3.8, 4) is 0 Å². The van der Waals surface area contributed by atoms with Crippen LogP contribution in [-0.2, 0) is 9.53 Å². The fourth-order valence-corrected chi connectivity index (χ4v) is 5.39. The third-order valence-corrected chi connectivity index (χ3v) is 6.08. The molecule has 3 rings (SSSR count). The van der Waals surface area contributed by atoms with Crippen LogP contribution in [0.5, 0.6) is 0 Å². The van der Waals surface area contributed by atoms with Crippen molar-refractivity contribution in [2.24, 2.45) is 0 Å². The molecule has 2 heterocycles. The summed E-state index contributed by atoms with van der Waals surface area (Å²) in [5.41, 5.74) is -0.369. The van der Waals surface area contributed by atoms with Gasteiger partial charge in [-0.05, 0) is 44.3 Å². The maximum absolute atomic E-state index is 12.2. The van der Waals surface area contributed by atoms with E-state index in [9.17, 15) is 4.79 Å². The van der Waals surface area contributed by atoms with E-state index in [1.54, 1.807) is 0 Å². The van der Waals surface area contributed by atoms with Crippen LogP contribution in [0, 0.1) is 0 Å². The van der Waals surface area contributed by atoms with E-state index < -0.39 is 0 Å². The number of ether oxygens (including phenoxy) is 1. The quantitative estimate of drug-likeness (QED) is 0.635. The zero-order valence-electron chi connectivity index (χ0n) is 9.09. The summed E-state index contributed by atoms with van der Waals surface area (Å²) in [6.07, 6.45) is 7.56. The number of thioether (sulfide) groups is 1. The van der Waals surface area contributed by atoms with Gasteiger partial charge in [0.2, 0.25) is 0 Å². The molecule has 1 saturated carbocycles. The maximum atomic E-state index is 12.2. The summed E-state index contributed by atoms with van der Waals surface area (Å²) in [6, 6.07) is 0. The molecule has 0 aromatic rings. The average molecular weight is 226 g/mol. The Morgan fingerprint density at radius 3 is 2.67 bits per heavy atom. The van der Waals surface area contributed by atoms with Gasteiger partial charge in [-0.1, -0.05) is 0 Å². The van der Waals surface area contributed by atoms with Gasteiger partial charge in [-0.15, -0.1) is 0 Å². The lowest BCUT2D eigenvalue weighted by Crippen LogP contribution is -2.58. The molecule has 0 aromatic heterocycles. The van der Waals surface area contributed by atoms with E-state index in [0.717, 1.165) is 32.3 Å².